The van der Waals surface area contributed by atoms with E-state index in [2.05, 4.69) is 20.7 Å². The first-order chi connectivity index (χ1) is 11.3. The highest BCUT2D eigenvalue weighted by Crippen LogP contribution is 2.14. The molecule has 1 heterocycles. The fraction of sp³-hybridized carbons (Fsp3) is 0.500. The number of aliphatic imine (C=N–C) groups is 1. The fourth-order valence-corrected chi connectivity index (χ4v) is 1.46. The first-order valence-electron chi connectivity index (χ1n) is 6.77. The van der Waals surface area contributed by atoms with E-state index in [-0.39, 0.29) is 30.6 Å². The quantitative estimate of drug-likeness (QED) is 0.179. The van der Waals surface area contributed by atoms with Crippen LogP contribution in [0.2, 0.25) is 0 Å². The molecule has 0 aliphatic heterocycles. The third-order valence-electron chi connectivity index (χ3n) is 2.49. The van der Waals surface area contributed by atoms with Crippen molar-refractivity contribution in [3.63, 3.8) is 0 Å². The number of nitrogens with two attached hydrogens (primary N) is 1. The van der Waals surface area contributed by atoms with Crippen LogP contribution in [-0.2, 0) is 11.3 Å². The summed E-state index contributed by atoms with van der Waals surface area (Å²) in [6.07, 6.45) is -0.896. The van der Waals surface area contributed by atoms with E-state index < -0.39 is 12.7 Å². The van der Waals surface area contributed by atoms with Gasteiger partial charge in [0.05, 0.1) is 19.8 Å². The van der Waals surface area contributed by atoms with E-state index in [0.717, 1.165) is 0 Å². The number of ether oxygens (including phenoxy) is 1. The van der Waals surface area contributed by atoms with Crippen LogP contribution in [0, 0.1) is 16.9 Å². The first kappa shape index (κ1) is 19.2. The molecule has 1 rings (SSSR count). The third kappa shape index (κ3) is 8.59. The van der Waals surface area contributed by atoms with Crippen molar-refractivity contribution in [1.29, 1.82) is 10.7 Å². The third-order valence-corrected chi connectivity index (χ3v) is 2.49. The van der Waals surface area contributed by atoms with E-state index >= 15 is 0 Å². The second-order valence-electron chi connectivity index (χ2n) is 4.48. The van der Waals surface area contributed by atoms with Gasteiger partial charge in [-0.15, -0.1) is 0 Å². The maximum absolute atomic E-state index is 12.0. The Bertz CT molecular complexity index is 604. The minimum atomic E-state index is -4.41. The van der Waals surface area contributed by atoms with Crippen LogP contribution < -0.4 is 16.4 Å². The standard InChI is InChI=1S/C12H17F3N8O/c13-12(14,15)7-19-11(18)21-10-1-3-23(22-10)4-6-24-5-2-9(17)20-8-16/h1,3H,2,4-7H2,(H2,17,20)(H3,18,19,21,22). The van der Waals surface area contributed by atoms with E-state index in [1.165, 1.54) is 10.7 Å². The number of hydrogen-bond donors (Lipinski definition) is 4. The highest BCUT2D eigenvalue weighted by atomic mass is 19.4. The molecule has 0 radical (unpaired) electrons. The Morgan fingerprint density at radius 1 is 1.50 bits per heavy atom. The number of nitrogens with one attached hydrogen (secondary N) is 3. The van der Waals surface area contributed by atoms with Gasteiger partial charge >= 0.3 is 6.18 Å². The Morgan fingerprint density at radius 2 is 2.25 bits per heavy atom. The van der Waals surface area contributed by atoms with Crippen LogP contribution >= 0.6 is 0 Å². The summed E-state index contributed by atoms with van der Waals surface area (Å²) in [5, 5.41) is 24.3. The van der Waals surface area contributed by atoms with E-state index in [1.807, 2.05) is 0 Å². The Labute approximate surface area is 135 Å². The molecule has 5 N–H and O–H groups in total. The van der Waals surface area contributed by atoms with E-state index in [9.17, 15) is 13.2 Å². The monoisotopic (exact) mass is 346 g/mol. The van der Waals surface area contributed by atoms with Gasteiger partial charge in [0.2, 0.25) is 0 Å². The van der Waals surface area contributed by atoms with Crippen molar-refractivity contribution in [1.82, 2.24) is 15.1 Å². The topological polar surface area (TPSA) is 137 Å². The lowest BCUT2D eigenvalue weighted by Gasteiger charge is -2.05. The van der Waals surface area contributed by atoms with Gasteiger partial charge in [-0.1, -0.05) is 0 Å². The van der Waals surface area contributed by atoms with Gasteiger partial charge in [0.25, 0.3) is 0 Å². The van der Waals surface area contributed by atoms with Crippen molar-refractivity contribution >= 4 is 17.6 Å². The van der Waals surface area contributed by atoms with Crippen LogP contribution in [0.3, 0.4) is 0 Å². The summed E-state index contributed by atoms with van der Waals surface area (Å²) in [6, 6.07) is 1.53. The van der Waals surface area contributed by atoms with Gasteiger partial charge < -0.3 is 15.8 Å². The second kappa shape index (κ2) is 9.36. The summed E-state index contributed by atoms with van der Waals surface area (Å²) in [4.78, 5) is 3.15. The van der Waals surface area contributed by atoms with Gasteiger partial charge in [-0.25, -0.2) is 4.99 Å². The van der Waals surface area contributed by atoms with Crippen molar-refractivity contribution in [3.8, 4) is 6.19 Å². The highest BCUT2D eigenvalue weighted by molar-refractivity contribution is 5.91. The lowest BCUT2D eigenvalue weighted by molar-refractivity contribution is -0.118. The smallest absolute Gasteiger partial charge is 0.379 e. The molecule has 0 atom stereocenters. The first-order valence-corrected chi connectivity index (χ1v) is 6.77. The molecule has 0 spiro atoms. The summed E-state index contributed by atoms with van der Waals surface area (Å²) in [6.45, 7) is -0.369. The molecule has 1 aromatic heterocycles. The van der Waals surface area contributed by atoms with Crippen LogP contribution in [0.15, 0.2) is 17.3 Å². The molecule has 0 aliphatic carbocycles. The number of guanidine groups is 1. The molecule has 12 heteroatoms. The maximum atomic E-state index is 12.0. The Balaban J connectivity index is 2.29. The van der Waals surface area contributed by atoms with Gasteiger partial charge in [0.15, 0.2) is 18.0 Å². The molecule has 0 aromatic carbocycles. The normalized spacial score (nSPS) is 11.8. The number of aromatic nitrogens is 2. The largest absolute Gasteiger partial charge is 0.408 e. The fourth-order valence-electron chi connectivity index (χ4n) is 1.46. The van der Waals surface area contributed by atoms with Crippen molar-refractivity contribution in [2.24, 2.45) is 10.7 Å². The van der Waals surface area contributed by atoms with Gasteiger partial charge in [-0.3, -0.25) is 15.4 Å². The van der Waals surface area contributed by atoms with Crippen LogP contribution in [0.25, 0.3) is 0 Å². The zero-order valence-electron chi connectivity index (χ0n) is 12.6. The van der Waals surface area contributed by atoms with Crippen LogP contribution in [0.5, 0.6) is 0 Å². The number of nitriles is 1. The number of hydrogen-bond acceptors (Lipinski definition) is 5. The molecule has 132 valence electrons. The van der Waals surface area contributed by atoms with Gasteiger partial charge in [0.1, 0.15) is 12.4 Å². The summed E-state index contributed by atoms with van der Waals surface area (Å²) in [5.74, 6) is -0.0487. The van der Waals surface area contributed by atoms with Gasteiger partial charge in [0, 0.05) is 18.7 Å². The Morgan fingerprint density at radius 3 is 2.92 bits per heavy atom. The molecule has 0 saturated carbocycles. The zero-order valence-corrected chi connectivity index (χ0v) is 12.6. The van der Waals surface area contributed by atoms with Crippen molar-refractivity contribution in [3.05, 3.63) is 12.3 Å². The number of alkyl halides is 3. The maximum Gasteiger partial charge on any atom is 0.408 e. The lowest BCUT2D eigenvalue weighted by Crippen LogP contribution is -2.25. The average molecular weight is 346 g/mol. The summed E-state index contributed by atoms with van der Waals surface area (Å²) >= 11 is 0. The second-order valence-corrected chi connectivity index (χ2v) is 4.48. The number of amidine groups is 1. The minimum absolute atomic E-state index is 0.0664. The van der Waals surface area contributed by atoms with Crippen LogP contribution in [0.1, 0.15) is 6.42 Å². The average Bonchev–Trinajstić information content (AvgIpc) is 2.92. The molecular formula is C12H17F3N8O. The van der Waals surface area contributed by atoms with E-state index in [4.69, 9.17) is 21.1 Å². The van der Waals surface area contributed by atoms with E-state index in [1.54, 1.807) is 12.4 Å². The lowest BCUT2D eigenvalue weighted by atomic mass is 10.4. The molecule has 0 fully saturated rings. The molecule has 24 heavy (non-hydrogen) atoms. The summed E-state index contributed by atoms with van der Waals surface area (Å²) in [7, 11) is 0. The number of rotatable bonds is 8. The Kier molecular flexibility index (Phi) is 7.50. The molecular weight excluding hydrogens is 329 g/mol. The van der Waals surface area contributed by atoms with Crippen molar-refractivity contribution in [2.75, 3.05) is 25.1 Å². The number of halogens is 3. The molecule has 0 saturated heterocycles. The zero-order chi connectivity index (χ0) is 18.0. The van der Waals surface area contributed by atoms with Crippen molar-refractivity contribution in [2.45, 2.75) is 19.1 Å². The van der Waals surface area contributed by atoms with Crippen LogP contribution in [0.4, 0.5) is 19.0 Å². The Hall–Kier alpha value is -2.81. The van der Waals surface area contributed by atoms with E-state index in [0.29, 0.717) is 13.2 Å². The molecule has 0 unspecified atom stereocenters. The molecule has 0 amide bonds. The van der Waals surface area contributed by atoms with Crippen molar-refractivity contribution < 1.29 is 17.9 Å². The predicted molar refractivity (Wildman–Crippen MR) is 80.3 cm³/mol. The SMILES string of the molecule is N#CNC(=N)CCOCCn1ccc(N/C(N)=N\CC(F)(F)F)n1. The summed E-state index contributed by atoms with van der Waals surface area (Å²) in [5.41, 5.74) is 5.33. The van der Waals surface area contributed by atoms with Gasteiger partial charge in [-0.2, -0.15) is 23.5 Å². The van der Waals surface area contributed by atoms with Crippen LogP contribution in [-0.4, -0.2) is 47.5 Å². The molecule has 0 aliphatic rings. The number of nitrogens with zero attached hydrogens (tertiary/aromatic N) is 4. The van der Waals surface area contributed by atoms with Gasteiger partial charge in [-0.05, 0) is 0 Å². The predicted octanol–water partition coefficient (Wildman–Crippen LogP) is 0.627. The molecule has 1 aromatic rings. The minimum Gasteiger partial charge on any atom is -0.379 e. The molecule has 9 nitrogen and oxygen atoms in total. The number of anilines is 1. The summed E-state index contributed by atoms with van der Waals surface area (Å²) < 4.78 is 42.8. The molecule has 0 bridgehead atoms. The highest BCUT2D eigenvalue weighted by Gasteiger charge is 2.26.